The van der Waals surface area contributed by atoms with Crippen LogP contribution in [0.2, 0.25) is 0 Å². The van der Waals surface area contributed by atoms with Crippen molar-refractivity contribution in [3.8, 4) is 0 Å². The summed E-state index contributed by atoms with van der Waals surface area (Å²) in [5, 5.41) is 18.9. The predicted molar refractivity (Wildman–Crippen MR) is 202 cm³/mol. The number of allylic oxidation sites excluding steroid dienone is 10. The van der Waals surface area contributed by atoms with E-state index in [2.05, 4.69) is 10.2 Å². The summed E-state index contributed by atoms with van der Waals surface area (Å²) in [7, 11) is 0. The average molecular weight is 669 g/mol. The zero-order valence-electron chi connectivity index (χ0n) is 30.1. The summed E-state index contributed by atoms with van der Waals surface area (Å²) in [6, 6.07) is 19.8. The third-order valence-electron chi connectivity index (χ3n) is 8.38. The smallest absolute Gasteiger partial charge is 0.185 e. The van der Waals surface area contributed by atoms with E-state index in [4.69, 9.17) is 10.2 Å². The van der Waals surface area contributed by atoms with Crippen molar-refractivity contribution in [3.63, 3.8) is 0 Å². The summed E-state index contributed by atoms with van der Waals surface area (Å²) < 4.78 is 0. The molecular formula is C42H44N4O2S. The van der Waals surface area contributed by atoms with E-state index < -0.39 is 0 Å². The molecule has 6 nitrogen and oxygen atoms in total. The molecule has 0 saturated carbocycles. The van der Waals surface area contributed by atoms with Gasteiger partial charge in [-0.05, 0) is 110 Å². The second-order valence-electron chi connectivity index (χ2n) is 14.8. The van der Waals surface area contributed by atoms with Crippen molar-refractivity contribution < 1.29 is 9.59 Å². The van der Waals surface area contributed by atoms with Gasteiger partial charge in [-0.3, -0.25) is 9.59 Å². The number of nitrogens with zero attached hydrogens (tertiary/aromatic N) is 4. The second kappa shape index (κ2) is 13.9. The molecule has 7 heteroatoms. The summed E-state index contributed by atoms with van der Waals surface area (Å²) >= 11 is 1.52. The Morgan fingerprint density at radius 2 is 0.857 bits per heavy atom. The summed E-state index contributed by atoms with van der Waals surface area (Å²) in [6.45, 7) is 20.0. The van der Waals surface area contributed by atoms with Crippen LogP contribution in [0.3, 0.4) is 0 Å². The molecule has 0 unspecified atom stereocenters. The van der Waals surface area contributed by atoms with Crippen LogP contribution >= 0.6 is 11.3 Å². The molecule has 2 aliphatic rings. The molecule has 0 amide bonds. The van der Waals surface area contributed by atoms with E-state index in [0.717, 1.165) is 54.5 Å². The number of aryl methyl sites for hydroxylation is 2. The first-order valence-electron chi connectivity index (χ1n) is 16.5. The van der Waals surface area contributed by atoms with E-state index in [9.17, 15) is 9.59 Å². The van der Waals surface area contributed by atoms with E-state index in [-0.39, 0.29) is 22.4 Å². The molecule has 0 saturated heterocycles. The van der Waals surface area contributed by atoms with Crippen molar-refractivity contribution in [3.05, 3.63) is 139 Å². The van der Waals surface area contributed by atoms with Crippen LogP contribution in [0.5, 0.6) is 0 Å². The topological polar surface area (TPSA) is 83.6 Å². The third kappa shape index (κ3) is 8.23. The third-order valence-corrected chi connectivity index (χ3v) is 9.48. The fraction of sp³-hybridized carbons (Fsp3) is 0.286. The van der Waals surface area contributed by atoms with Crippen LogP contribution in [0.1, 0.15) is 76.3 Å². The number of benzene rings is 2. The first kappa shape index (κ1) is 35.4. The maximum atomic E-state index is 13.2. The standard InChI is InChI=1S/C42H44N4O2S/c1-25-11-15-31(16-12-25)43-45-37(29-21-27(3)39(47)33(23-29)41(5,6)7)35-19-20-36(49-35)38(46-44-32-17-13-26(2)14-18-32)30-22-28(4)40(48)34(24-30)42(8,9)10/h11-24H,1-10H3/b37-29+,38-30+,45-43+,46-44+. The Kier molecular flexibility index (Phi) is 10.1. The molecule has 2 aromatic carbocycles. The van der Waals surface area contributed by atoms with Crippen molar-refractivity contribution in [2.24, 2.45) is 31.3 Å². The van der Waals surface area contributed by atoms with E-state index >= 15 is 0 Å². The minimum atomic E-state index is -0.356. The molecule has 1 heterocycles. The maximum absolute atomic E-state index is 13.2. The van der Waals surface area contributed by atoms with Gasteiger partial charge in [0.15, 0.2) is 11.6 Å². The largest absolute Gasteiger partial charge is 0.289 e. The Morgan fingerprint density at radius 3 is 1.18 bits per heavy atom. The molecule has 0 N–H and O–H groups in total. The summed E-state index contributed by atoms with van der Waals surface area (Å²) in [4.78, 5) is 28.2. The van der Waals surface area contributed by atoms with Gasteiger partial charge in [-0.2, -0.15) is 10.2 Å². The van der Waals surface area contributed by atoms with Crippen molar-refractivity contribution in [1.82, 2.24) is 0 Å². The first-order chi connectivity index (χ1) is 23.0. The molecule has 0 spiro atoms. The Morgan fingerprint density at radius 1 is 0.510 bits per heavy atom. The van der Waals surface area contributed by atoms with Gasteiger partial charge in [0.25, 0.3) is 0 Å². The van der Waals surface area contributed by atoms with Gasteiger partial charge in [0.1, 0.15) is 11.4 Å². The molecule has 0 radical (unpaired) electrons. The number of Topliss-reactive ketones (excluding diaryl/α,β-unsaturated/α-hetero) is 2. The fourth-order valence-electron chi connectivity index (χ4n) is 5.46. The van der Waals surface area contributed by atoms with Gasteiger partial charge in [-0.1, -0.05) is 76.9 Å². The van der Waals surface area contributed by atoms with Crippen LogP contribution in [0.15, 0.2) is 139 Å². The highest BCUT2D eigenvalue weighted by molar-refractivity contribution is 7.14. The summed E-state index contributed by atoms with van der Waals surface area (Å²) in [5.74, 6) is 0.0776. The minimum Gasteiger partial charge on any atom is -0.289 e. The zero-order valence-corrected chi connectivity index (χ0v) is 30.9. The van der Waals surface area contributed by atoms with E-state index in [1.165, 1.54) is 11.3 Å². The predicted octanol–water partition coefficient (Wildman–Crippen LogP) is 12.4. The first-order valence-corrected chi connectivity index (χ1v) is 17.3. The van der Waals surface area contributed by atoms with Crippen LogP contribution in [0.4, 0.5) is 11.4 Å². The van der Waals surface area contributed by atoms with Crippen molar-refractivity contribution in [2.75, 3.05) is 0 Å². The van der Waals surface area contributed by atoms with Gasteiger partial charge in [0.05, 0.1) is 21.1 Å². The highest BCUT2D eigenvalue weighted by atomic mass is 32.1. The number of rotatable bonds is 6. The lowest BCUT2D eigenvalue weighted by molar-refractivity contribution is -0.113. The molecule has 0 atom stereocenters. The molecular weight excluding hydrogens is 625 g/mol. The van der Waals surface area contributed by atoms with Crippen LogP contribution in [0, 0.1) is 24.7 Å². The molecule has 3 aromatic rings. The summed E-state index contributed by atoms with van der Waals surface area (Å²) in [5.41, 5.74) is 8.74. The number of thiophene rings is 1. The minimum absolute atomic E-state index is 0.0388. The van der Waals surface area contributed by atoms with E-state index in [1.807, 2.05) is 154 Å². The molecule has 0 fully saturated rings. The van der Waals surface area contributed by atoms with Gasteiger partial charge in [-0.25, -0.2) is 0 Å². The number of hydrogen-bond acceptors (Lipinski definition) is 7. The van der Waals surface area contributed by atoms with Crippen molar-refractivity contribution >= 4 is 45.7 Å². The number of carbonyl (C=O) groups excluding carboxylic acids is 2. The maximum Gasteiger partial charge on any atom is 0.185 e. The number of azo groups is 2. The van der Waals surface area contributed by atoms with E-state index in [0.29, 0.717) is 22.5 Å². The van der Waals surface area contributed by atoms with Crippen LogP contribution < -0.4 is 0 Å². The highest BCUT2D eigenvalue weighted by Crippen LogP contribution is 2.41. The van der Waals surface area contributed by atoms with Gasteiger partial charge >= 0.3 is 0 Å². The Bertz CT molecular complexity index is 1910. The second-order valence-corrected chi connectivity index (χ2v) is 15.9. The fourth-order valence-corrected chi connectivity index (χ4v) is 6.48. The van der Waals surface area contributed by atoms with Crippen molar-refractivity contribution in [2.45, 2.75) is 69.2 Å². The Balaban J connectivity index is 1.73. The van der Waals surface area contributed by atoms with Crippen LogP contribution in [-0.4, -0.2) is 11.6 Å². The number of hydrogen-bond donors (Lipinski definition) is 0. The molecule has 2 aliphatic carbocycles. The SMILES string of the molecule is CC1=C/C(=C(\N=N\c2ccc(C)cc2)c2ccc(C(/N=N/c3ccc(C)cc3)=C3/C=C(C)C(=O)C(C(C)(C)C)=C3)s2)C=C(C(C)(C)C)C1=O. The normalized spacial score (nSPS) is 18.1. The van der Waals surface area contributed by atoms with Gasteiger partial charge in [0, 0.05) is 22.3 Å². The van der Waals surface area contributed by atoms with Gasteiger partial charge < -0.3 is 0 Å². The van der Waals surface area contributed by atoms with Gasteiger partial charge in [-0.15, -0.1) is 21.6 Å². The molecule has 0 bridgehead atoms. The summed E-state index contributed by atoms with van der Waals surface area (Å²) in [6.07, 6.45) is 7.69. The lowest BCUT2D eigenvalue weighted by Gasteiger charge is -2.25. The highest BCUT2D eigenvalue weighted by Gasteiger charge is 2.30. The zero-order chi connectivity index (χ0) is 35.7. The molecule has 250 valence electrons. The quantitative estimate of drug-likeness (QED) is 0.245. The van der Waals surface area contributed by atoms with Crippen LogP contribution in [0.25, 0.3) is 11.4 Å². The Hall–Kier alpha value is -4.88. The Labute approximate surface area is 294 Å². The van der Waals surface area contributed by atoms with Crippen LogP contribution in [-0.2, 0) is 9.59 Å². The molecule has 5 rings (SSSR count). The van der Waals surface area contributed by atoms with Gasteiger partial charge in [0.2, 0.25) is 0 Å². The molecule has 0 aliphatic heterocycles. The number of carbonyl (C=O) groups is 2. The average Bonchev–Trinajstić information content (AvgIpc) is 3.50. The molecule has 49 heavy (non-hydrogen) atoms. The molecule has 1 aromatic heterocycles. The van der Waals surface area contributed by atoms with E-state index in [1.54, 1.807) is 0 Å². The monoisotopic (exact) mass is 668 g/mol. The lowest BCUT2D eigenvalue weighted by atomic mass is 9.78. The number of ketones is 2. The lowest BCUT2D eigenvalue weighted by Crippen LogP contribution is -2.21. The van der Waals surface area contributed by atoms with Crippen molar-refractivity contribution in [1.29, 1.82) is 0 Å².